The van der Waals surface area contributed by atoms with Crippen LogP contribution in [0.3, 0.4) is 0 Å². The fraction of sp³-hybridized carbons (Fsp3) is 0.0714. The lowest BCUT2D eigenvalue weighted by Crippen LogP contribution is -1.94. The van der Waals surface area contributed by atoms with E-state index in [0.29, 0.717) is 5.88 Å². The quantitative estimate of drug-likeness (QED) is 0.605. The molecule has 0 bridgehead atoms. The van der Waals surface area contributed by atoms with Gasteiger partial charge in [0.1, 0.15) is 17.5 Å². The van der Waals surface area contributed by atoms with Crippen molar-refractivity contribution in [2.24, 2.45) is 7.05 Å². The van der Waals surface area contributed by atoms with Crippen LogP contribution in [0.15, 0.2) is 43.0 Å². The standard InChI is InChI=1S/C14H11N5O/c1-19-13-11(7-18-19)14(17-8-16-13)20-10-2-3-12-9(6-10)4-5-15-12/h2-8,15H,1H3. The highest BCUT2D eigenvalue weighted by Gasteiger charge is 2.10. The van der Waals surface area contributed by atoms with Gasteiger partial charge in [0.05, 0.1) is 6.20 Å². The maximum Gasteiger partial charge on any atom is 0.233 e. The van der Waals surface area contributed by atoms with E-state index in [0.717, 1.165) is 27.7 Å². The summed E-state index contributed by atoms with van der Waals surface area (Å²) < 4.78 is 7.56. The minimum atomic E-state index is 0.512. The lowest BCUT2D eigenvalue weighted by Gasteiger charge is -2.05. The number of hydrogen-bond donors (Lipinski definition) is 1. The fourth-order valence-corrected chi connectivity index (χ4v) is 2.23. The summed E-state index contributed by atoms with van der Waals surface area (Å²) >= 11 is 0. The zero-order chi connectivity index (χ0) is 13.5. The van der Waals surface area contributed by atoms with Crippen LogP contribution in [-0.4, -0.2) is 24.7 Å². The van der Waals surface area contributed by atoms with Gasteiger partial charge in [-0.15, -0.1) is 0 Å². The Hall–Kier alpha value is -2.89. The lowest BCUT2D eigenvalue weighted by molar-refractivity contribution is 0.469. The van der Waals surface area contributed by atoms with Crippen molar-refractivity contribution >= 4 is 21.9 Å². The van der Waals surface area contributed by atoms with Gasteiger partial charge in [-0.2, -0.15) is 5.10 Å². The Morgan fingerprint density at radius 2 is 2.15 bits per heavy atom. The largest absolute Gasteiger partial charge is 0.438 e. The van der Waals surface area contributed by atoms with E-state index in [1.165, 1.54) is 6.33 Å². The summed E-state index contributed by atoms with van der Waals surface area (Å²) in [5, 5.41) is 6.06. The zero-order valence-corrected chi connectivity index (χ0v) is 10.7. The van der Waals surface area contributed by atoms with Gasteiger partial charge >= 0.3 is 0 Å². The first-order valence-corrected chi connectivity index (χ1v) is 6.19. The molecule has 4 rings (SSSR count). The number of hydrogen-bond acceptors (Lipinski definition) is 4. The van der Waals surface area contributed by atoms with Crippen molar-refractivity contribution in [3.8, 4) is 11.6 Å². The normalized spacial score (nSPS) is 11.2. The molecule has 0 spiro atoms. The minimum absolute atomic E-state index is 0.512. The van der Waals surface area contributed by atoms with Gasteiger partial charge in [-0.1, -0.05) is 0 Å². The van der Waals surface area contributed by atoms with E-state index < -0.39 is 0 Å². The molecule has 0 radical (unpaired) electrons. The highest BCUT2D eigenvalue weighted by Crippen LogP contribution is 2.28. The molecular formula is C14H11N5O. The van der Waals surface area contributed by atoms with Crippen LogP contribution in [0.5, 0.6) is 11.6 Å². The second-order valence-electron chi connectivity index (χ2n) is 4.51. The smallest absolute Gasteiger partial charge is 0.233 e. The molecule has 0 aliphatic rings. The molecule has 0 saturated heterocycles. The number of aryl methyl sites for hydroxylation is 1. The summed E-state index contributed by atoms with van der Waals surface area (Å²) in [4.78, 5) is 11.5. The predicted molar refractivity (Wildman–Crippen MR) is 74.7 cm³/mol. The summed E-state index contributed by atoms with van der Waals surface area (Å²) in [6, 6.07) is 7.85. The number of ether oxygens (including phenoxy) is 1. The summed E-state index contributed by atoms with van der Waals surface area (Å²) in [6.07, 6.45) is 5.09. The number of rotatable bonds is 2. The molecule has 6 nitrogen and oxygen atoms in total. The first-order chi connectivity index (χ1) is 9.81. The second kappa shape index (κ2) is 4.06. The number of nitrogens with one attached hydrogen (secondary N) is 1. The van der Waals surface area contributed by atoms with Crippen LogP contribution in [0.1, 0.15) is 0 Å². The molecule has 0 amide bonds. The van der Waals surface area contributed by atoms with Crippen LogP contribution >= 0.6 is 0 Å². The van der Waals surface area contributed by atoms with E-state index >= 15 is 0 Å². The molecule has 1 N–H and O–H groups in total. The molecule has 6 heteroatoms. The first kappa shape index (κ1) is 11.0. The first-order valence-electron chi connectivity index (χ1n) is 6.19. The summed E-state index contributed by atoms with van der Waals surface area (Å²) in [5.74, 6) is 1.25. The molecule has 0 fully saturated rings. The van der Waals surface area contributed by atoms with Crippen molar-refractivity contribution in [3.63, 3.8) is 0 Å². The molecule has 3 aromatic heterocycles. The monoisotopic (exact) mass is 265 g/mol. The lowest BCUT2D eigenvalue weighted by atomic mass is 10.2. The third kappa shape index (κ3) is 1.62. The number of H-pyrrole nitrogens is 1. The van der Waals surface area contributed by atoms with Gasteiger partial charge in [-0.3, -0.25) is 4.68 Å². The van der Waals surface area contributed by atoms with Gasteiger partial charge in [-0.25, -0.2) is 9.97 Å². The zero-order valence-electron chi connectivity index (χ0n) is 10.7. The van der Waals surface area contributed by atoms with Crippen LogP contribution in [-0.2, 0) is 7.05 Å². The van der Waals surface area contributed by atoms with Crippen LogP contribution in [0.2, 0.25) is 0 Å². The Kier molecular flexibility index (Phi) is 2.23. The van der Waals surface area contributed by atoms with E-state index in [4.69, 9.17) is 4.74 Å². The SMILES string of the molecule is Cn1ncc2c(Oc3ccc4[nH]ccc4c3)ncnc21. The number of nitrogens with zero attached hydrogens (tertiary/aromatic N) is 4. The van der Waals surface area contributed by atoms with Gasteiger partial charge in [0, 0.05) is 24.1 Å². The molecule has 0 atom stereocenters. The number of aromatic amines is 1. The van der Waals surface area contributed by atoms with E-state index in [2.05, 4.69) is 20.1 Å². The molecule has 4 aromatic rings. The number of aromatic nitrogens is 5. The van der Waals surface area contributed by atoms with Gasteiger partial charge in [0.25, 0.3) is 0 Å². The van der Waals surface area contributed by atoms with Crippen LogP contribution in [0, 0.1) is 0 Å². The van der Waals surface area contributed by atoms with E-state index in [9.17, 15) is 0 Å². The van der Waals surface area contributed by atoms with Crippen LogP contribution in [0.25, 0.3) is 21.9 Å². The fourth-order valence-electron chi connectivity index (χ4n) is 2.23. The molecular weight excluding hydrogens is 254 g/mol. The van der Waals surface area contributed by atoms with Crippen molar-refractivity contribution in [2.75, 3.05) is 0 Å². The Balaban J connectivity index is 1.79. The van der Waals surface area contributed by atoms with Crippen LogP contribution < -0.4 is 4.74 Å². The molecule has 0 saturated carbocycles. The Morgan fingerprint density at radius 3 is 3.10 bits per heavy atom. The second-order valence-corrected chi connectivity index (χ2v) is 4.51. The third-order valence-electron chi connectivity index (χ3n) is 3.23. The minimum Gasteiger partial charge on any atom is -0.438 e. The van der Waals surface area contributed by atoms with Crippen molar-refractivity contribution in [3.05, 3.63) is 43.0 Å². The molecule has 0 unspecified atom stereocenters. The van der Waals surface area contributed by atoms with Gasteiger partial charge in [0.15, 0.2) is 5.65 Å². The molecule has 1 aromatic carbocycles. The van der Waals surface area contributed by atoms with Gasteiger partial charge in [0.2, 0.25) is 5.88 Å². The van der Waals surface area contributed by atoms with E-state index in [1.54, 1.807) is 10.9 Å². The maximum absolute atomic E-state index is 5.86. The Labute approximate surface area is 114 Å². The molecule has 3 heterocycles. The summed E-state index contributed by atoms with van der Waals surface area (Å²) in [7, 11) is 1.84. The number of fused-ring (bicyclic) bond motifs is 2. The Bertz CT molecular complexity index is 908. The van der Waals surface area contributed by atoms with E-state index in [1.807, 2.05) is 37.5 Å². The van der Waals surface area contributed by atoms with Crippen LogP contribution in [0.4, 0.5) is 0 Å². The van der Waals surface area contributed by atoms with Crippen molar-refractivity contribution in [1.82, 2.24) is 24.7 Å². The van der Waals surface area contributed by atoms with Gasteiger partial charge in [-0.05, 0) is 24.3 Å². The summed E-state index contributed by atoms with van der Waals surface area (Å²) in [5.41, 5.74) is 1.82. The maximum atomic E-state index is 5.86. The summed E-state index contributed by atoms with van der Waals surface area (Å²) in [6.45, 7) is 0. The van der Waals surface area contributed by atoms with Gasteiger partial charge < -0.3 is 9.72 Å². The molecule has 20 heavy (non-hydrogen) atoms. The Morgan fingerprint density at radius 1 is 1.20 bits per heavy atom. The molecule has 0 aliphatic heterocycles. The third-order valence-corrected chi connectivity index (χ3v) is 3.23. The highest BCUT2D eigenvalue weighted by molar-refractivity contribution is 5.82. The topological polar surface area (TPSA) is 68.6 Å². The highest BCUT2D eigenvalue weighted by atomic mass is 16.5. The molecule has 98 valence electrons. The van der Waals surface area contributed by atoms with Crippen molar-refractivity contribution in [2.45, 2.75) is 0 Å². The average molecular weight is 265 g/mol. The predicted octanol–water partition coefficient (Wildman–Crippen LogP) is 2.64. The molecule has 0 aliphatic carbocycles. The van der Waals surface area contributed by atoms with Crippen molar-refractivity contribution in [1.29, 1.82) is 0 Å². The van der Waals surface area contributed by atoms with E-state index in [-0.39, 0.29) is 0 Å². The average Bonchev–Trinajstić information content (AvgIpc) is 3.06. The van der Waals surface area contributed by atoms with Crippen molar-refractivity contribution < 1.29 is 4.74 Å². The number of benzene rings is 1.